The van der Waals surface area contributed by atoms with Crippen LogP contribution < -0.4 is 5.84 Å². The number of hydrogen-bond donors (Lipinski definition) is 1. The number of carbonyl (C=O) groups is 1. The molecule has 1 amide bonds. The predicted molar refractivity (Wildman–Crippen MR) is 73.3 cm³/mol. The van der Waals surface area contributed by atoms with Crippen molar-refractivity contribution in [2.45, 2.75) is 0 Å². The smallest absolute Gasteiger partial charge is 0.267 e. The Morgan fingerprint density at radius 2 is 2.25 bits per heavy atom. The van der Waals surface area contributed by atoms with Crippen LogP contribution in [0.5, 0.6) is 0 Å². The van der Waals surface area contributed by atoms with Gasteiger partial charge in [-0.2, -0.15) is 0 Å². The molecule has 0 saturated carbocycles. The Labute approximate surface area is 111 Å². The topological polar surface area (TPSA) is 46.3 Å². The predicted octanol–water partition coefficient (Wildman–Crippen LogP) is 2.52. The molecule has 0 spiro atoms. The molecule has 0 unspecified atom stereocenters. The van der Waals surface area contributed by atoms with Gasteiger partial charge in [-0.3, -0.25) is 4.79 Å². The van der Waals surface area contributed by atoms with Gasteiger partial charge < -0.3 is 0 Å². The number of amides is 1. The van der Waals surface area contributed by atoms with Crippen LogP contribution in [0.15, 0.2) is 33.6 Å². The maximum absolute atomic E-state index is 11.6. The van der Waals surface area contributed by atoms with Crippen molar-refractivity contribution in [3.63, 3.8) is 0 Å². The first-order chi connectivity index (χ1) is 7.58. The van der Waals surface area contributed by atoms with Crippen molar-refractivity contribution in [1.82, 2.24) is 5.01 Å². The Kier molecular flexibility index (Phi) is 3.44. The Bertz CT molecular complexity index is 501. The molecule has 1 heterocycles. The van der Waals surface area contributed by atoms with Crippen molar-refractivity contribution < 1.29 is 4.79 Å². The molecule has 1 aliphatic heterocycles. The van der Waals surface area contributed by atoms with Crippen molar-refractivity contribution in [1.29, 1.82) is 0 Å². The van der Waals surface area contributed by atoms with Gasteiger partial charge in [0.15, 0.2) is 4.32 Å². The fourth-order valence-electron chi connectivity index (χ4n) is 1.23. The lowest BCUT2D eigenvalue weighted by atomic mass is 10.2. The third-order valence-corrected chi connectivity index (χ3v) is 3.79. The van der Waals surface area contributed by atoms with E-state index in [1.807, 2.05) is 24.3 Å². The first-order valence-electron chi connectivity index (χ1n) is 4.36. The summed E-state index contributed by atoms with van der Waals surface area (Å²) >= 11 is 9.51. The van der Waals surface area contributed by atoms with Crippen LogP contribution in [0.3, 0.4) is 0 Å². The lowest BCUT2D eigenvalue weighted by Crippen LogP contribution is -2.34. The van der Waals surface area contributed by atoms with Gasteiger partial charge in [-0.25, -0.2) is 10.9 Å². The summed E-state index contributed by atoms with van der Waals surface area (Å²) in [5, 5.41) is 0.990. The summed E-state index contributed by atoms with van der Waals surface area (Å²) in [6, 6.07) is 7.65. The van der Waals surface area contributed by atoms with Crippen molar-refractivity contribution in [2.24, 2.45) is 5.84 Å². The van der Waals surface area contributed by atoms with Crippen molar-refractivity contribution in [2.75, 3.05) is 0 Å². The van der Waals surface area contributed by atoms with Crippen LogP contribution in [0.1, 0.15) is 5.56 Å². The third-order valence-electron chi connectivity index (χ3n) is 1.97. The van der Waals surface area contributed by atoms with Crippen LogP contribution in [-0.4, -0.2) is 15.2 Å². The van der Waals surface area contributed by atoms with Crippen molar-refractivity contribution in [3.05, 3.63) is 39.2 Å². The molecule has 0 aliphatic carbocycles. The molecule has 2 N–H and O–H groups in total. The van der Waals surface area contributed by atoms with Gasteiger partial charge in [0.1, 0.15) is 0 Å². The van der Waals surface area contributed by atoms with Gasteiger partial charge in [-0.05, 0) is 23.8 Å². The molecule has 1 aromatic rings. The molecule has 16 heavy (non-hydrogen) atoms. The molecular weight excluding hydrogens is 308 g/mol. The monoisotopic (exact) mass is 314 g/mol. The molecule has 0 atom stereocenters. The molecule has 6 heteroatoms. The number of hydrogen-bond acceptors (Lipinski definition) is 4. The minimum absolute atomic E-state index is 0.255. The fourth-order valence-corrected chi connectivity index (χ4v) is 2.75. The van der Waals surface area contributed by atoms with E-state index in [1.54, 1.807) is 6.08 Å². The van der Waals surface area contributed by atoms with E-state index in [2.05, 4.69) is 15.9 Å². The highest BCUT2D eigenvalue weighted by Crippen LogP contribution is 2.30. The van der Waals surface area contributed by atoms with Gasteiger partial charge in [-0.1, -0.05) is 52.0 Å². The zero-order chi connectivity index (χ0) is 11.7. The number of hydrazine groups is 1. The van der Waals surface area contributed by atoms with Gasteiger partial charge in [-0.15, -0.1) is 0 Å². The number of rotatable bonds is 1. The summed E-state index contributed by atoms with van der Waals surface area (Å²) in [5.41, 5.74) is 0.934. The SMILES string of the molecule is NN1C(=O)/C(=C\c2cccc(Br)c2)SC1=S. The summed E-state index contributed by atoms with van der Waals surface area (Å²) in [5.74, 6) is 5.21. The van der Waals surface area contributed by atoms with E-state index in [0.29, 0.717) is 9.23 Å². The zero-order valence-corrected chi connectivity index (χ0v) is 11.2. The molecule has 0 bridgehead atoms. The average molecular weight is 315 g/mol. The summed E-state index contributed by atoms with van der Waals surface area (Å²) in [6.45, 7) is 0. The molecule has 2 rings (SSSR count). The van der Waals surface area contributed by atoms with Gasteiger partial charge >= 0.3 is 0 Å². The second kappa shape index (κ2) is 4.67. The summed E-state index contributed by atoms with van der Waals surface area (Å²) in [7, 11) is 0. The lowest BCUT2D eigenvalue weighted by Gasteiger charge is -2.02. The van der Waals surface area contributed by atoms with Crippen LogP contribution in [0.4, 0.5) is 0 Å². The molecule has 1 fully saturated rings. The van der Waals surface area contributed by atoms with E-state index in [-0.39, 0.29) is 5.91 Å². The Morgan fingerprint density at radius 3 is 2.81 bits per heavy atom. The number of thioether (sulfide) groups is 1. The van der Waals surface area contributed by atoms with Crippen LogP contribution in [-0.2, 0) is 4.79 Å². The molecule has 0 radical (unpaired) electrons. The number of nitrogens with zero attached hydrogens (tertiary/aromatic N) is 1. The van der Waals surface area contributed by atoms with E-state index in [4.69, 9.17) is 18.1 Å². The highest BCUT2D eigenvalue weighted by molar-refractivity contribution is 9.10. The molecule has 82 valence electrons. The molecule has 1 saturated heterocycles. The van der Waals surface area contributed by atoms with E-state index < -0.39 is 0 Å². The summed E-state index contributed by atoms with van der Waals surface area (Å²) in [6.07, 6.45) is 1.77. The van der Waals surface area contributed by atoms with Gasteiger partial charge in [0, 0.05) is 4.47 Å². The van der Waals surface area contributed by atoms with Gasteiger partial charge in [0.25, 0.3) is 5.91 Å². The van der Waals surface area contributed by atoms with E-state index >= 15 is 0 Å². The Hall–Kier alpha value is -0.690. The number of benzene rings is 1. The molecular formula is C10H7BrN2OS2. The normalized spacial score (nSPS) is 18.6. The minimum Gasteiger partial charge on any atom is -0.267 e. The second-order valence-corrected chi connectivity index (χ2v) is 5.70. The van der Waals surface area contributed by atoms with Crippen LogP contribution in [0.2, 0.25) is 0 Å². The van der Waals surface area contributed by atoms with E-state index in [1.165, 1.54) is 11.8 Å². The largest absolute Gasteiger partial charge is 0.280 e. The van der Waals surface area contributed by atoms with Crippen LogP contribution in [0.25, 0.3) is 6.08 Å². The summed E-state index contributed by atoms with van der Waals surface area (Å²) in [4.78, 5) is 12.2. The lowest BCUT2D eigenvalue weighted by molar-refractivity contribution is -0.122. The number of nitrogens with two attached hydrogens (primary N) is 1. The van der Waals surface area contributed by atoms with Crippen molar-refractivity contribution in [3.8, 4) is 0 Å². The van der Waals surface area contributed by atoms with E-state index in [9.17, 15) is 4.79 Å². The van der Waals surface area contributed by atoms with Crippen LogP contribution in [0, 0.1) is 0 Å². The van der Waals surface area contributed by atoms with Crippen LogP contribution >= 0.6 is 39.9 Å². The highest BCUT2D eigenvalue weighted by atomic mass is 79.9. The quantitative estimate of drug-likeness (QED) is 0.374. The van der Waals surface area contributed by atoms with Gasteiger partial charge in [0.2, 0.25) is 0 Å². The van der Waals surface area contributed by atoms with Crippen molar-refractivity contribution >= 4 is 56.2 Å². The fraction of sp³-hybridized carbons (Fsp3) is 0. The Balaban J connectivity index is 2.33. The molecule has 1 aliphatic rings. The first-order valence-corrected chi connectivity index (χ1v) is 6.38. The standard InChI is InChI=1S/C10H7BrN2OS2/c11-7-3-1-2-6(4-7)5-8-9(14)13(12)10(15)16-8/h1-5H,12H2/b8-5+. The minimum atomic E-state index is -0.255. The van der Waals surface area contributed by atoms with E-state index in [0.717, 1.165) is 15.0 Å². The maximum Gasteiger partial charge on any atom is 0.280 e. The third kappa shape index (κ3) is 2.35. The molecule has 1 aromatic carbocycles. The van der Waals surface area contributed by atoms with Gasteiger partial charge in [0.05, 0.1) is 4.91 Å². The molecule has 0 aromatic heterocycles. The second-order valence-electron chi connectivity index (χ2n) is 3.11. The highest BCUT2D eigenvalue weighted by Gasteiger charge is 2.29. The zero-order valence-electron chi connectivity index (χ0n) is 8.01. The number of carbonyl (C=O) groups excluding carboxylic acids is 1. The Morgan fingerprint density at radius 1 is 1.50 bits per heavy atom. The number of thiocarbonyl (C=S) groups is 1. The summed E-state index contributed by atoms with van der Waals surface area (Å²) < 4.78 is 1.34. The first kappa shape index (κ1) is 11.8. The maximum atomic E-state index is 11.6. The average Bonchev–Trinajstić information content (AvgIpc) is 2.47. The molecule has 3 nitrogen and oxygen atoms in total. The number of halogens is 1.